The van der Waals surface area contributed by atoms with Gasteiger partial charge >= 0.3 is 5.97 Å². The zero-order valence-electron chi connectivity index (χ0n) is 19.4. The van der Waals surface area contributed by atoms with Crippen molar-refractivity contribution in [3.8, 4) is 0 Å². The molecule has 4 rings (SSSR count). The third kappa shape index (κ3) is 5.36. The molecule has 7 nitrogen and oxygen atoms in total. The molecule has 0 saturated heterocycles. The molecule has 0 fully saturated rings. The van der Waals surface area contributed by atoms with Gasteiger partial charge in [-0.15, -0.1) is 0 Å². The highest BCUT2D eigenvalue weighted by molar-refractivity contribution is 6.07. The van der Waals surface area contributed by atoms with E-state index < -0.39 is 24.4 Å². The van der Waals surface area contributed by atoms with Crippen LogP contribution in [0.4, 0.5) is 5.69 Å². The van der Waals surface area contributed by atoms with E-state index in [0.29, 0.717) is 11.3 Å². The summed E-state index contributed by atoms with van der Waals surface area (Å²) in [5, 5.41) is 5.58. The van der Waals surface area contributed by atoms with Crippen molar-refractivity contribution in [3.63, 3.8) is 0 Å². The van der Waals surface area contributed by atoms with E-state index in [1.807, 2.05) is 13.0 Å². The minimum Gasteiger partial charge on any atom is -0.459 e. The van der Waals surface area contributed by atoms with Crippen molar-refractivity contribution in [1.82, 2.24) is 5.32 Å². The molecule has 2 amide bonds. The summed E-state index contributed by atoms with van der Waals surface area (Å²) in [6, 6.07) is 14.3. The van der Waals surface area contributed by atoms with Crippen LogP contribution in [0.25, 0.3) is 0 Å². The van der Waals surface area contributed by atoms with Gasteiger partial charge in [0.15, 0.2) is 12.4 Å². The lowest BCUT2D eigenvalue weighted by Gasteiger charge is -2.20. The van der Waals surface area contributed by atoms with E-state index in [1.54, 1.807) is 31.2 Å². The van der Waals surface area contributed by atoms with Gasteiger partial charge in [-0.2, -0.15) is 0 Å². The Morgan fingerprint density at radius 1 is 1.03 bits per heavy atom. The van der Waals surface area contributed by atoms with E-state index in [9.17, 15) is 14.4 Å². The molecule has 0 spiro atoms. The minimum atomic E-state index is -0.699. The first-order valence-corrected chi connectivity index (χ1v) is 11.4. The molecule has 0 radical (unpaired) electrons. The van der Waals surface area contributed by atoms with Crippen LogP contribution in [0.5, 0.6) is 0 Å². The molecule has 0 bridgehead atoms. The number of carbonyl (C=O) groups is 3. The van der Waals surface area contributed by atoms with E-state index in [2.05, 4.69) is 22.8 Å². The fraction of sp³-hybridized carbons (Fsp3) is 0.296. The lowest BCUT2D eigenvalue weighted by molar-refractivity contribution is -0.124. The van der Waals surface area contributed by atoms with Crippen LogP contribution >= 0.6 is 0 Å². The molecule has 34 heavy (non-hydrogen) atoms. The smallest absolute Gasteiger partial charge is 0.340 e. The van der Waals surface area contributed by atoms with Crippen molar-refractivity contribution in [1.29, 1.82) is 0 Å². The summed E-state index contributed by atoms with van der Waals surface area (Å²) in [6.45, 7) is 3.25. The van der Waals surface area contributed by atoms with Crippen LogP contribution in [0, 0.1) is 6.92 Å². The van der Waals surface area contributed by atoms with Crippen molar-refractivity contribution in [2.75, 3.05) is 11.9 Å². The number of fused-ring (bicyclic) bond motifs is 1. The van der Waals surface area contributed by atoms with Crippen LogP contribution in [-0.4, -0.2) is 24.4 Å². The Kier molecular flexibility index (Phi) is 7.11. The molecule has 1 unspecified atom stereocenters. The largest absolute Gasteiger partial charge is 0.459 e. The summed E-state index contributed by atoms with van der Waals surface area (Å²) in [7, 11) is 0. The topological polar surface area (TPSA) is 97.6 Å². The standard InChI is InChI=1S/C27H28N2O5/c1-17-7-5-10-22(25(17)29-26(31)23-11-6-14-33-23)27(32)34-16-24(30)28-18(2)20-13-12-19-8-3-4-9-21(19)15-20/h5-7,10-15,18H,3-4,8-9,16H2,1-2H3,(H,28,30)(H,29,31). The quantitative estimate of drug-likeness (QED) is 0.496. The van der Waals surface area contributed by atoms with Gasteiger partial charge in [0.25, 0.3) is 11.8 Å². The third-order valence-electron chi connectivity index (χ3n) is 6.06. The van der Waals surface area contributed by atoms with Crippen molar-refractivity contribution in [2.45, 2.75) is 45.6 Å². The number of hydrogen-bond donors (Lipinski definition) is 2. The molecule has 1 aliphatic carbocycles. The Hall–Kier alpha value is -3.87. The minimum absolute atomic E-state index is 0.123. The van der Waals surface area contributed by atoms with Gasteiger partial charge in [-0.25, -0.2) is 4.79 Å². The Labute approximate surface area is 198 Å². The number of nitrogens with one attached hydrogen (secondary N) is 2. The number of amides is 2. The molecule has 176 valence electrons. The Balaban J connectivity index is 1.36. The van der Waals surface area contributed by atoms with E-state index in [4.69, 9.17) is 9.15 Å². The number of benzene rings is 2. The maximum absolute atomic E-state index is 12.7. The number of carbonyl (C=O) groups excluding carboxylic acids is 3. The van der Waals surface area contributed by atoms with Gasteiger partial charge in [0.05, 0.1) is 23.6 Å². The van der Waals surface area contributed by atoms with Crippen LogP contribution in [0.2, 0.25) is 0 Å². The van der Waals surface area contributed by atoms with Gasteiger partial charge in [-0.3, -0.25) is 9.59 Å². The van der Waals surface area contributed by atoms with Crippen molar-refractivity contribution >= 4 is 23.5 Å². The molecule has 1 aliphatic rings. The first-order chi connectivity index (χ1) is 16.4. The van der Waals surface area contributed by atoms with Gasteiger partial charge in [-0.1, -0.05) is 30.3 Å². The highest BCUT2D eigenvalue weighted by Gasteiger charge is 2.20. The number of rotatable bonds is 7. The SMILES string of the molecule is Cc1cccc(C(=O)OCC(=O)NC(C)c2ccc3c(c2)CCCC3)c1NC(=O)c1ccco1. The highest BCUT2D eigenvalue weighted by Crippen LogP contribution is 2.25. The summed E-state index contributed by atoms with van der Waals surface area (Å²) in [5.74, 6) is -1.45. The highest BCUT2D eigenvalue weighted by atomic mass is 16.5. The molecule has 1 aromatic heterocycles. The number of anilines is 1. The first-order valence-electron chi connectivity index (χ1n) is 11.4. The van der Waals surface area contributed by atoms with E-state index in [0.717, 1.165) is 18.4 Å². The van der Waals surface area contributed by atoms with E-state index in [1.165, 1.54) is 36.3 Å². The zero-order chi connectivity index (χ0) is 24.1. The summed E-state index contributed by atoms with van der Waals surface area (Å²) in [5.41, 5.74) is 4.92. The Morgan fingerprint density at radius 3 is 2.59 bits per heavy atom. The van der Waals surface area contributed by atoms with Gasteiger partial charge < -0.3 is 19.8 Å². The summed E-state index contributed by atoms with van der Waals surface area (Å²) >= 11 is 0. The second-order valence-corrected chi connectivity index (χ2v) is 8.53. The predicted molar refractivity (Wildman–Crippen MR) is 128 cm³/mol. The average molecular weight is 461 g/mol. The molecule has 3 aromatic rings. The molecule has 0 aliphatic heterocycles. The Morgan fingerprint density at radius 2 is 1.82 bits per heavy atom. The lowest BCUT2D eigenvalue weighted by Crippen LogP contribution is -2.31. The average Bonchev–Trinajstić information content (AvgIpc) is 3.38. The fourth-order valence-corrected chi connectivity index (χ4v) is 4.18. The second-order valence-electron chi connectivity index (χ2n) is 8.53. The van der Waals surface area contributed by atoms with Crippen LogP contribution in [0.15, 0.2) is 59.2 Å². The number of hydrogen-bond acceptors (Lipinski definition) is 5. The maximum Gasteiger partial charge on any atom is 0.340 e. The number of ether oxygens (including phenoxy) is 1. The molecule has 2 aromatic carbocycles. The van der Waals surface area contributed by atoms with Gasteiger partial charge in [0.2, 0.25) is 0 Å². The van der Waals surface area contributed by atoms with Crippen molar-refractivity contribution in [2.24, 2.45) is 0 Å². The van der Waals surface area contributed by atoms with Crippen LogP contribution < -0.4 is 10.6 Å². The summed E-state index contributed by atoms with van der Waals surface area (Å²) in [6.07, 6.45) is 5.98. The molecule has 1 heterocycles. The number of para-hydroxylation sites is 1. The first kappa shape index (κ1) is 23.3. The van der Waals surface area contributed by atoms with Crippen LogP contribution in [-0.2, 0) is 22.4 Å². The van der Waals surface area contributed by atoms with Crippen LogP contribution in [0.1, 0.15) is 69.0 Å². The maximum atomic E-state index is 12.7. The van der Waals surface area contributed by atoms with E-state index in [-0.39, 0.29) is 17.4 Å². The molecule has 2 N–H and O–H groups in total. The third-order valence-corrected chi connectivity index (χ3v) is 6.06. The van der Waals surface area contributed by atoms with Gasteiger partial charge in [-0.05, 0) is 80.0 Å². The predicted octanol–water partition coefficient (Wildman–Crippen LogP) is 4.75. The molecule has 1 atom stereocenters. The second kappa shape index (κ2) is 10.4. The zero-order valence-corrected chi connectivity index (χ0v) is 19.4. The van der Waals surface area contributed by atoms with Gasteiger partial charge in [0, 0.05) is 0 Å². The fourth-order valence-electron chi connectivity index (χ4n) is 4.18. The molecule has 7 heteroatoms. The van der Waals surface area contributed by atoms with Crippen molar-refractivity contribution < 1.29 is 23.5 Å². The molecular weight excluding hydrogens is 432 g/mol. The number of furan rings is 1. The molecule has 0 saturated carbocycles. The summed E-state index contributed by atoms with van der Waals surface area (Å²) < 4.78 is 10.4. The molecular formula is C27H28N2O5. The van der Waals surface area contributed by atoms with Gasteiger partial charge in [0.1, 0.15) is 0 Å². The van der Waals surface area contributed by atoms with E-state index >= 15 is 0 Å². The normalized spacial score (nSPS) is 13.5. The monoisotopic (exact) mass is 460 g/mol. The number of aryl methyl sites for hydroxylation is 3. The van der Waals surface area contributed by atoms with Crippen LogP contribution in [0.3, 0.4) is 0 Å². The number of esters is 1. The summed E-state index contributed by atoms with van der Waals surface area (Å²) in [4.78, 5) is 37.6. The van der Waals surface area contributed by atoms with Crippen molar-refractivity contribution in [3.05, 3.63) is 88.4 Å². The lowest BCUT2D eigenvalue weighted by atomic mass is 9.89. The Bertz CT molecular complexity index is 1200.